The number of hydrogen-bond acceptors (Lipinski definition) is 4. The van der Waals surface area contributed by atoms with Crippen LogP contribution in [0.4, 0.5) is 0 Å². The zero-order chi connectivity index (χ0) is 15.9. The van der Waals surface area contributed by atoms with Crippen molar-refractivity contribution in [1.29, 1.82) is 0 Å². The first-order valence-corrected chi connectivity index (χ1v) is 7.92. The van der Waals surface area contributed by atoms with Gasteiger partial charge in [0.1, 0.15) is 5.76 Å². The molecule has 0 radical (unpaired) electrons. The lowest BCUT2D eigenvalue weighted by molar-refractivity contribution is -0.122. The summed E-state index contributed by atoms with van der Waals surface area (Å²) in [6.45, 7) is 5.75. The van der Waals surface area contributed by atoms with Crippen LogP contribution in [0.2, 0.25) is 0 Å². The van der Waals surface area contributed by atoms with Crippen LogP contribution in [0.3, 0.4) is 0 Å². The maximum atomic E-state index is 12.0. The van der Waals surface area contributed by atoms with Crippen molar-refractivity contribution < 1.29 is 14.0 Å². The van der Waals surface area contributed by atoms with Gasteiger partial charge in [-0.15, -0.1) is 0 Å². The largest absolute Gasteiger partial charge is 0.454 e. The first-order valence-electron chi connectivity index (χ1n) is 7.92. The molecule has 6 nitrogen and oxygen atoms in total. The Morgan fingerprint density at radius 1 is 1.32 bits per heavy atom. The number of rotatable bonds is 6. The minimum Gasteiger partial charge on any atom is -0.454 e. The predicted octanol–water partition coefficient (Wildman–Crippen LogP) is 1.38. The molecule has 122 valence electrons. The number of nitrogens with zero attached hydrogens (tertiary/aromatic N) is 1. The van der Waals surface area contributed by atoms with Crippen LogP contribution in [0.15, 0.2) is 16.5 Å². The SMILES string of the molecule is CCN1CCC(CC(=O)NCc2ccc(C(=O)NC)o2)CC1. The Hall–Kier alpha value is -1.82. The third kappa shape index (κ3) is 4.59. The third-order valence-corrected chi connectivity index (χ3v) is 4.20. The summed E-state index contributed by atoms with van der Waals surface area (Å²) in [5.74, 6) is 1.11. The normalized spacial score (nSPS) is 16.5. The molecule has 1 aliphatic rings. The van der Waals surface area contributed by atoms with E-state index in [1.165, 1.54) is 0 Å². The van der Waals surface area contributed by atoms with E-state index in [4.69, 9.17) is 4.42 Å². The average molecular weight is 307 g/mol. The van der Waals surface area contributed by atoms with Gasteiger partial charge in [-0.05, 0) is 50.5 Å². The lowest BCUT2D eigenvalue weighted by Crippen LogP contribution is -2.35. The van der Waals surface area contributed by atoms with Crippen LogP contribution in [0.25, 0.3) is 0 Å². The third-order valence-electron chi connectivity index (χ3n) is 4.20. The molecule has 22 heavy (non-hydrogen) atoms. The number of furan rings is 1. The van der Waals surface area contributed by atoms with Crippen molar-refractivity contribution >= 4 is 11.8 Å². The van der Waals surface area contributed by atoms with Crippen LogP contribution >= 0.6 is 0 Å². The first-order chi connectivity index (χ1) is 10.6. The summed E-state index contributed by atoms with van der Waals surface area (Å²) in [7, 11) is 1.55. The summed E-state index contributed by atoms with van der Waals surface area (Å²) in [5.41, 5.74) is 0. The van der Waals surface area contributed by atoms with Gasteiger partial charge in [-0.2, -0.15) is 0 Å². The van der Waals surface area contributed by atoms with Gasteiger partial charge in [0.2, 0.25) is 5.91 Å². The van der Waals surface area contributed by atoms with Gasteiger partial charge >= 0.3 is 0 Å². The topological polar surface area (TPSA) is 74.6 Å². The molecule has 0 unspecified atom stereocenters. The maximum absolute atomic E-state index is 12.0. The van der Waals surface area contributed by atoms with E-state index in [1.54, 1.807) is 19.2 Å². The molecular formula is C16H25N3O3. The molecule has 0 aliphatic carbocycles. The number of piperidine rings is 1. The molecule has 1 aliphatic heterocycles. The molecule has 0 aromatic carbocycles. The predicted molar refractivity (Wildman–Crippen MR) is 83.4 cm³/mol. The highest BCUT2D eigenvalue weighted by Crippen LogP contribution is 2.20. The minimum atomic E-state index is -0.264. The maximum Gasteiger partial charge on any atom is 0.286 e. The van der Waals surface area contributed by atoms with Gasteiger partial charge in [-0.3, -0.25) is 9.59 Å². The zero-order valence-corrected chi connectivity index (χ0v) is 13.4. The molecule has 0 saturated carbocycles. The molecule has 1 aromatic heterocycles. The van der Waals surface area contributed by atoms with Crippen molar-refractivity contribution in [2.45, 2.75) is 32.7 Å². The summed E-state index contributed by atoms with van der Waals surface area (Å²) in [6.07, 6.45) is 2.74. The molecule has 1 fully saturated rings. The van der Waals surface area contributed by atoms with Crippen molar-refractivity contribution in [2.75, 3.05) is 26.7 Å². The highest BCUT2D eigenvalue weighted by Gasteiger charge is 2.20. The van der Waals surface area contributed by atoms with E-state index in [1.807, 2.05) is 0 Å². The Balaban J connectivity index is 1.71. The lowest BCUT2D eigenvalue weighted by Gasteiger charge is -2.30. The van der Waals surface area contributed by atoms with Crippen molar-refractivity contribution in [3.63, 3.8) is 0 Å². The van der Waals surface area contributed by atoms with Gasteiger partial charge in [0.05, 0.1) is 6.54 Å². The summed E-state index contributed by atoms with van der Waals surface area (Å²) in [5, 5.41) is 5.36. The van der Waals surface area contributed by atoms with Crippen molar-refractivity contribution in [1.82, 2.24) is 15.5 Å². The van der Waals surface area contributed by atoms with Crippen LogP contribution < -0.4 is 10.6 Å². The molecule has 1 saturated heterocycles. The van der Waals surface area contributed by atoms with E-state index < -0.39 is 0 Å². The Bertz CT molecular complexity index is 504. The van der Waals surface area contributed by atoms with Gasteiger partial charge in [0.25, 0.3) is 5.91 Å². The number of nitrogens with one attached hydrogen (secondary N) is 2. The van der Waals surface area contributed by atoms with Gasteiger partial charge in [0.15, 0.2) is 5.76 Å². The molecule has 2 rings (SSSR count). The Kier molecular flexibility index (Phi) is 6.00. The highest BCUT2D eigenvalue weighted by atomic mass is 16.4. The van der Waals surface area contributed by atoms with Crippen molar-refractivity contribution in [2.24, 2.45) is 5.92 Å². The number of amides is 2. The number of hydrogen-bond donors (Lipinski definition) is 2. The van der Waals surface area contributed by atoms with Gasteiger partial charge in [0, 0.05) is 13.5 Å². The van der Waals surface area contributed by atoms with E-state index in [0.29, 0.717) is 24.6 Å². The Morgan fingerprint density at radius 3 is 2.68 bits per heavy atom. The fourth-order valence-corrected chi connectivity index (χ4v) is 2.75. The fraction of sp³-hybridized carbons (Fsp3) is 0.625. The fourth-order valence-electron chi connectivity index (χ4n) is 2.75. The molecule has 6 heteroatoms. The second-order valence-corrected chi connectivity index (χ2v) is 5.70. The average Bonchev–Trinajstić information content (AvgIpc) is 3.02. The molecule has 0 spiro atoms. The van der Waals surface area contributed by atoms with E-state index in [9.17, 15) is 9.59 Å². The molecular weight excluding hydrogens is 282 g/mol. The van der Waals surface area contributed by atoms with Crippen LogP contribution in [-0.4, -0.2) is 43.4 Å². The molecule has 0 bridgehead atoms. The van der Waals surface area contributed by atoms with Crippen LogP contribution in [0.5, 0.6) is 0 Å². The Labute approximate surface area is 131 Å². The van der Waals surface area contributed by atoms with Crippen LogP contribution in [0.1, 0.15) is 42.5 Å². The number of carbonyl (C=O) groups is 2. The second kappa shape index (κ2) is 7.98. The molecule has 0 atom stereocenters. The molecule has 2 amide bonds. The summed E-state index contributed by atoms with van der Waals surface area (Å²) >= 11 is 0. The van der Waals surface area contributed by atoms with Gasteiger partial charge in [-0.1, -0.05) is 6.92 Å². The highest BCUT2D eigenvalue weighted by molar-refractivity contribution is 5.91. The standard InChI is InChI=1S/C16H25N3O3/c1-3-19-8-6-12(7-9-19)10-15(20)18-11-13-4-5-14(22-13)16(21)17-2/h4-5,12H,3,6-11H2,1-2H3,(H,17,21)(H,18,20). The molecule has 2 N–H and O–H groups in total. The van der Waals surface area contributed by atoms with E-state index in [-0.39, 0.29) is 17.6 Å². The summed E-state index contributed by atoms with van der Waals surface area (Å²) in [4.78, 5) is 25.8. The summed E-state index contributed by atoms with van der Waals surface area (Å²) in [6, 6.07) is 3.32. The van der Waals surface area contributed by atoms with E-state index in [2.05, 4.69) is 22.5 Å². The zero-order valence-electron chi connectivity index (χ0n) is 13.4. The molecule has 1 aromatic rings. The smallest absolute Gasteiger partial charge is 0.286 e. The van der Waals surface area contributed by atoms with Crippen molar-refractivity contribution in [3.8, 4) is 0 Å². The number of likely N-dealkylation sites (tertiary alicyclic amines) is 1. The van der Waals surface area contributed by atoms with Gasteiger partial charge in [-0.25, -0.2) is 0 Å². The lowest BCUT2D eigenvalue weighted by atomic mass is 9.93. The monoisotopic (exact) mass is 307 g/mol. The quantitative estimate of drug-likeness (QED) is 0.832. The minimum absolute atomic E-state index is 0.0489. The second-order valence-electron chi connectivity index (χ2n) is 5.70. The van der Waals surface area contributed by atoms with Crippen molar-refractivity contribution in [3.05, 3.63) is 23.7 Å². The first kappa shape index (κ1) is 16.5. The van der Waals surface area contributed by atoms with E-state index >= 15 is 0 Å². The van der Waals surface area contributed by atoms with Crippen LogP contribution in [-0.2, 0) is 11.3 Å². The molecule has 2 heterocycles. The summed E-state index contributed by atoms with van der Waals surface area (Å²) < 4.78 is 5.37. The van der Waals surface area contributed by atoms with Crippen LogP contribution in [0, 0.1) is 5.92 Å². The van der Waals surface area contributed by atoms with Gasteiger partial charge < -0.3 is 20.0 Å². The Morgan fingerprint density at radius 2 is 2.05 bits per heavy atom. The van der Waals surface area contributed by atoms with E-state index in [0.717, 1.165) is 32.5 Å². The number of carbonyl (C=O) groups excluding carboxylic acids is 2.